The van der Waals surface area contributed by atoms with Crippen LogP contribution in [0, 0.1) is 0 Å². The van der Waals surface area contributed by atoms with Gasteiger partial charge >= 0.3 is 0 Å². The largest absolute Gasteiger partial charge is 0.248 e. The van der Waals surface area contributed by atoms with E-state index in [1.807, 2.05) is 36.4 Å². The van der Waals surface area contributed by atoms with Crippen LogP contribution in [0.3, 0.4) is 0 Å². The van der Waals surface area contributed by atoms with Crippen LogP contribution in [0.1, 0.15) is 0 Å². The number of pyridine rings is 1. The Bertz CT molecular complexity index is 2660. The molecule has 11 aromatic carbocycles. The highest BCUT2D eigenvalue weighted by Crippen LogP contribution is 2.34. The molecule has 0 aliphatic heterocycles. The third-order valence-electron chi connectivity index (χ3n) is 10.1. The summed E-state index contributed by atoms with van der Waals surface area (Å²) < 4.78 is 0. The van der Waals surface area contributed by atoms with Gasteiger partial charge in [-0.25, -0.2) is 4.98 Å². The van der Waals surface area contributed by atoms with Gasteiger partial charge in [0.1, 0.15) is 0 Å². The van der Waals surface area contributed by atoms with Gasteiger partial charge in [-0.2, -0.15) is 0 Å². The Hall–Kier alpha value is -7.09. The van der Waals surface area contributed by atoms with Gasteiger partial charge in [-0.3, -0.25) is 0 Å². The number of fused-ring (bicyclic) bond motifs is 5. The Labute approximate surface area is 314 Å². The first-order valence-corrected chi connectivity index (χ1v) is 18.5. The van der Waals surface area contributed by atoms with Gasteiger partial charge < -0.3 is 0 Å². The average Bonchev–Trinajstić information content (AvgIpc) is 3.25. The van der Waals surface area contributed by atoms with Gasteiger partial charge in [0, 0.05) is 10.8 Å². The minimum atomic E-state index is 1.06. The second kappa shape index (κ2) is 14.9. The van der Waals surface area contributed by atoms with Gasteiger partial charge in [0.2, 0.25) is 0 Å². The predicted octanol–water partition coefficient (Wildman–Crippen LogP) is 14.8. The van der Waals surface area contributed by atoms with E-state index >= 15 is 0 Å². The quantitative estimate of drug-likeness (QED) is 0.114. The molecule has 0 aliphatic rings. The van der Waals surface area contributed by atoms with Crippen molar-refractivity contribution in [2.75, 3.05) is 0 Å². The Morgan fingerprint density at radius 3 is 0.759 bits per heavy atom. The highest BCUT2D eigenvalue weighted by Gasteiger charge is 2.06. The lowest BCUT2D eigenvalue weighted by atomic mass is 9.95. The third kappa shape index (κ3) is 6.79. The zero-order chi connectivity index (χ0) is 36.1. The van der Waals surface area contributed by atoms with Crippen LogP contribution in [0.5, 0.6) is 0 Å². The summed E-state index contributed by atoms with van der Waals surface area (Å²) in [4.78, 5) is 4.58. The van der Waals surface area contributed by atoms with Crippen LogP contribution < -0.4 is 0 Å². The van der Waals surface area contributed by atoms with E-state index in [-0.39, 0.29) is 0 Å². The zero-order valence-corrected chi connectivity index (χ0v) is 29.8. The molecule has 0 fully saturated rings. The van der Waals surface area contributed by atoms with Crippen molar-refractivity contribution >= 4 is 86.4 Å². The van der Waals surface area contributed by atoms with Crippen molar-refractivity contribution in [3.63, 3.8) is 0 Å². The van der Waals surface area contributed by atoms with Crippen LogP contribution >= 0.6 is 0 Å². The topological polar surface area (TPSA) is 12.9 Å². The molecule has 1 aromatic heterocycles. The van der Waals surface area contributed by atoms with Crippen molar-refractivity contribution in [3.05, 3.63) is 224 Å². The molecule has 0 N–H and O–H groups in total. The SMILES string of the molecule is c1cc2ccc3cccc4ccc(c1)c2c34.c1ccc2cc3ccccc3cc2c1.c1ccc2ccccc2c1.c1ccc2nc3ccccc3cc2c1. The van der Waals surface area contributed by atoms with E-state index < -0.39 is 0 Å². The molecule has 1 heteroatoms. The fraction of sp³-hybridized carbons (Fsp3) is 0. The zero-order valence-electron chi connectivity index (χ0n) is 29.8. The fourth-order valence-corrected chi connectivity index (χ4v) is 7.41. The summed E-state index contributed by atoms with van der Waals surface area (Å²) in [5.41, 5.74) is 2.12. The van der Waals surface area contributed by atoms with Crippen molar-refractivity contribution in [2.45, 2.75) is 0 Å². The minimum absolute atomic E-state index is 1.06. The first kappa shape index (κ1) is 32.8. The molecule has 254 valence electrons. The number of hydrogen-bond donors (Lipinski definition) is 0. The van der Waals surface area contributed by atoms with Gasteiger partial charge in [-0.15, -0.1) is 0 Å². The summed E-state index contributed by atoms with van der Waals surface area (Å²) in [5, 5.41) is 18.4. The lowest BCUT2D eigenvalue weighted by Gasteiger charge is -2.09. The summed E-state index contributed by atoms with van der Waals surface area (Å²) in [6.45, 7) is 0. The van der Waals surface area contributed by atoms with E-state index in [9.17, 15) is 0 Å². The second-order valence-corrected chi connectivity index (χ2v) is 13.6. The monoisotopic (exact) mass is 687 g/mol. The van der Waals surface area contributed by atoms with E-state index in [0.29, 0.717) is 0 Å². The first-order chi connectivity index (χ1) is 26.8. The van der Waals surface area contributed by atoms with E-state index in [0.717, 1.165) is 11.0 Å². The number of rotatable bonds is 0. The molecule has 0 saturated carbocycles. The molecule has 0 bridgehead atoms. The number of para-hydroxylation sites is 2. The molecular weight excluding hydrogens is 651 g/mol. The molecular formula is C53H37N. The smallest absolute Gasteiger partial charge is 0.0709 e. The lowest BCUT2D eigenvalue weighted by Crippen LogP contribution is -1.82. The summed E-state index contributed by atoms with van der Waals surface area (Å²) >= 11 is 0. The molecule has 0 amide bonds. The van der Waals surface area contributed by atoms with Gasteiger partial charge in [-0.05, 0) is 95.0 Å². The molecule has 0 atom stereocenters. The molecule has 54 heavy (non-hydrogen) atoms. The molecule has 1 heterocycles. The van der Waals surface area contributed by atoms with Crippen LogP contribution in [0.2, 0.25) is 0 Å². The van der Waals surface area contributed by atoms with Crippen LogP contribution in [-0.2, 0) is 0 Å². The summed E-state index contributed by atoms with van der Waals surface area (Å²) in [6, 6.07) is 78.6. The molecule has 0 saturated heterocycles. The highest BCUT2D eigenvalue weighted by molar-refractivity contribution is 6.22. The predicted molar refractivity (Wildman–Crippen MR) is 235 cm³/mol. The van der Waals surface area contributed by atoms with Gasteiger partial charge in [0.05, 0.1) is 11.0 Å². The summed E-state index contributed by atoms with van der Waals surface area (Å²) in [6.07, 6.45) is 0. The Balaban J connectivity index is 0.0000000961. The van der Waals surface area contributed by atoms with Gasteiger partial charge in [0.15, 0.2) is 0 Å². The normalized spacial score (nSPS) is 11.0. The standard InChI is InChI=1S/C16H10.C14H10.C13H9N.C10H8/c1-3-11-7-9-13-5-2-6-14-10-8-12(4-1)15(11)16(13)14;1-2-6-12-10-14-8-4-3-7-13(14)9-11(12)5-1;1-3-7-12-10(5-1)9-11-6-2-4-8-13(11)14-12;1-2-6-10-8-4-3-7-9(10)5-1/h1-10H;1-10H;1-9H;1-8H. The van der Waals surface area contributed by atoms with E-state index in [1.54, 1.807) is 0 Å². The second-order valence-electron chi connectivity index (χ2n) is 13.6. The van der Waals surface area contributed by atoms with E-state index in [2.05, 4.69) is 193 Å². The maximum atomic E-state index is 4.58. The molecule has 0 aliphatic carbocycles. The Morgan fingerprint density at radius 2 is 0.426 bits per heavy atom. The van der Waals surface area contributed by atoms with Crippen molar-refractivity contribution in [1.82, 2.24) is 4.98 Å². The van der Waals surface area contributed by atoms with Crippen molar-refractivity contribution in [1.29, 1.82) is 0 Å². The Kier molecular flexibility index (Phi) is 9.03. The van der Waals surface area contributed by atoms with Crippen molar-refractivity contribution in [3.8, 4) is 0 Å². The number of nitrogens with zero attached hydrogens (tertiary/aromatic N) is 1. The number of aromatic nitrogens is 1. The van der Waals surface area contributed by atoms with Crippen molar-refractivity contribution < 1.29 is 0 Å². The maximum Gasteiger partial charge on any atom is 0.0709 e. The number of benzene rings is 11. The fourth-order valence-electron chi connectivity index (χ4n) is 7.41. The van der Waals surface area contributed by atoms with Crippen LogP contribution in [0.25, 0.3) is 86.4 Å². The lowest BCUT2D eigenvalue weighted by molar-refractivity contribution is 1.50. The van der Waals surface area contributed by atoms with Gasteiger partial charge in [0.25, 0.3) is 0 Å². The van der Waals surface area contributed by atoms with Crippen molar-refractivity contribution in [2.24, 2.45) is 0 Å². The average molecular weight is 688 g/mol. The first-order valence-electron chi connectivity index (χ1n) is 18.5. The Morgan fingerprint density at radius 1 is 0.185 bits per heavy atom. The van der Waals surface area contributed by atoms with Gasteiger partial charge in [-0.1, -0.05) is 194 Å². The number of hydrogen-bond acceptors (Lipinski definition) is 1. The van der Waals surface area contributed by atoms with E-state index in [1.165, 1.54) is 75.4 Å². The third-order valence-corrected chi connectivity index (χ3v) is 10.1. The molecule has 0 unspecified atom stereocenters. The van der Waals surface area contributed by atoms with E-state index in [4.69, 9.17) is 0 Å². The molecule has 12 aromatic rings. The molecule has 12 rings (SSSR count). The summed E-state index contributed by atoms with van der Waals surface area (Å²) in [7, 11) is 0. The summed E-state index contributed by atoms with van der Waals surface area (Å²) in [5.74, 6) is 0. The molecule has 0 radical (unpaired) electrons. The molecule has 0 spiro atoms. The minimum Gasteiger partial charge on any atom is -0.248 e. The van der Waals surface area contributed by atoms with Crippen LogP contribution in [-0.4, -0.2) is 4.98 Å². The molecule has 1 nitrogen and oxygen atoms in total. The van der Waals surface area contributed by atoms with Crippen LogP contribution in [0.4, 0.5) is 0 Å². The van der Waals surface area contributed by atoms with Crippen LogP contribution in [0.15, 0.2) is 224 Å². The highest BCUT2D eigenvalue weighted by atomic mass is 14.7. The maximum absolute atomic E-state index is 4.58.